The van der Waals surface area contributed by atoms with Gasteiger partial charge < -0.3 is 15.0 Å². The summed E-state index contributed by atoms with van der Waals surface area (Å²) in [5.74, 6) is -1.78. The van der Waals surface area contributed by atoms with Crippen molar-refractivity contribution in [2.75, 3.05) is 7.11 Å². The summed E-state index contributed by atoms with van der Waals surface area (Å²) in [6.45, 7) is 6.44. The van der Waals surface area contributed by atoms with E-state index in [1.54, 1.807) is 20.8 Å². The molecule has 1 heterocycles. The van der Waals surface area contributed by atoms with E-state index in [-0.39, 0.29) is 34.2 Å². The summed E-state index contributed by atoms with van der Waals surface area (Å²) in [6.07, 6.45) is -0.180. The van der Waals surface area contributed by atoms with Crippen molar-refractivity contribution < 1.29 is 23.5 Å². The normalized spacial score (nSPS) is 11.2. The predicted molar refractivity (Wildman–Crippen MR) is 103 cm³/mol. The predicted octanol–water partition coefficient (Wildman–Crippen LogP) is 3.70. The second kappa shape index (κ2) is 8.14. The Morgan fingerprint density at radius 2 is 1.93 bits per heavy atom. The zero-order valence-electron chi connectivity index (χ0n) is 16.3. The van der Waals surface area contributed by atoms with Crippen LogP contribution in [0.4, 0.5) is 4.39 Å². The van der Waals surface area contributed by atoms with Crippen molar-refractivity contribution in [2.45, 2.75) is 39.7 Å². The van der Waals surface area contributed by atoms with Crippen LogP contribution in [0.5, 0.6) is 0 Å². The third-order valence-corrected chi connectivity index (χ3v) is 4.78. The molecule has 0 unspecified atom stereocenters. The minimum absolute atomic E-state index is 0.167. The van der Waals surface area contributed by atoms with E-state index in [4.69, 9.17) is 16.3 Å². The van der Waals surface area contributed by atoms with Crippen LogP contribution in [0.2, 0.25) is 5.02 Å². The van der Waals surface area contributed by atoms with Gasteiger partial charge in [0, 0.05) is 17.6 Å². The van der Waals surface area contributed by atoms with Gasteiger partial charge in [-0.15, -0.1) is 0 Å². The summed E-state index contributed by atoms with van der Waals surface area (Å²) < 4.78 is 18.1. The quantitative estimate of drug-likeness (QED) is 0.563. The van der Waals surface area contributed by atoms with Gasteiger partial charge >= 0.3 is 5.97 Å². The fourth-order valence-corrected chi connectivity index (χ4v) is 3.54. The number of rotatable bonds is 6. The Kier molecular flexibility index (Phi) is 6.29. The number of hydrogen-bond donors (Lipinski definition) is 2. The molecule has 0 aliphatic rings. The van der Waals surface area contributed by atoms with Gasteiger partial charge in [0.15, 0.2) is 5.78 Å². The smallest absolute Gasteiger partial charge is 0.339 e. The molecule has 1 aromatic carbocycles. The van der Waals surface area contributed by atoms with Gasteiger partial charge in [-0.2, -0.15) is 0 Å². The highest BCUT2D eigenvalue weighted by Crippen LogP contribution is 2.29. The molecule has 1 amide bonds. The lowest BCUT2D eigenvalue weighted by Gasteiger charge is -2.28. The van der Waals surface area contributed by atoms with E-state index in [1.807, 2.05) is 0 Å². The number of carbonyl (C=O) groups is 3. The maximum absolute atomic E-state index is 13.3. The molecular weight excluding hydrogens is 387 g/mol. The van der Waals surface area contributed by atoms with Crippen molar-refractivity contribution in [1.29, 1.82) is 0 Å². The highest BCUT2D eigenvalue weighted by Gasteiger charge is 2.28. The van der Waals surface area contributed by atoms with E-state index in [0.29, 0.717) is 11.1 Å². The van der Waals surface area contributed by atoms with Crippen LogP contribution in [-0.4, -0.2) is 29.8 Å². The van der Waals surface area contributed by atoms with E-state index in [9.17, 15) is 18.8 Å². The zero-order chi connectivity index (χ0) is 21.2. The van der Waals surface area contributed by atoms with Crippen molar-refractivity contribution in [2.24, 2.45) is 0 Å². The van der Waals surface area contributed by atoms with Crippen molar-refractivity contribution in [3.05, 3.63) is 57.1 Å². The van der Waals surface area contributed by atoms with Crippen LogP contribution in [0.1, 0.15) is 58.4 Å². The molecular formula is C20H22ClFN2O4. The third-order valence-electron chi connectivity index (χ3n) is 4.46. The highest BCUT2D eigenvalue weighted by molar-refractivity contribution is 6.31. The lowest BCUT2D eigenvalue weighted by Crippen LogP contribution is -2.42. The fraction of sp³-hybridized carbons (Fsp3) is 0.350. The second-order valence-corrected chi connectivity index (χ2v) is 7.41. The number of amides is 1. The topological polar surface area (TPSA) is 88.3 Å². The molecule has 0 saturated heterocycles. The molecule has 0 saturated carbocycles. The first kappa shape index (κ1) is 21.6. The molecule has 150 valence electrons. The van der Waals surface area contributed by atoms with Crippen molar-refractivity contribution in [3.63, 3.8) is 0 Å². The minimum atomic E-state index is -0.891. The Morgan fingerprint density at radius 3 is 2.46 bits per heavy atom. The Balaban J connectivity index is 2.30. The number of halogens is 2. The number of benzene rings is 1. The number of H-pyrrole nitrogens is 1. The zero-order valence-corrected chi connectivity index (χ0v) is 17.1. The Hall–Kier alpha value is -2.67. The maximum Gasteiger partial charge on any atom is 0.339 e. The van der Waals surface area contributed by atoms with Gasteiger partial charge in [0.25, 0.3) is 0 Å². The number of Topliss-reactive ketones (excluding diaryl/α,β-unsaturated/α-hetero) is 1. The first-order valence-electron chi connectivity index (χ1n) is 8.55. The molecule has 0 radical (unpaired) electrons. The molecule has 0 atom stereocenters. The van der Waals surface area contributed by atoms with E-state index >= 15 is 0 Å². The lowest BCUT2D eigenvalue weighted by molar-refractivity contribution is -0.122. The molecule has 28 heavy (non-hydrogen) atoms. The number of aromatic nitrogens is 1. The third kappa shape index (κ3) is 4.42. The second-order valence-electron chi connectivity index (χ2n) is 7.00. The summed E-state index contributed by atoms with van der Waals surface area (Å²) in [4.78, 5) is 39.4. The average Bonchev–Trinajstić information content (AvgIpc) is 2.89. The molecule has 0 bridgehead atoms. The van der Waals surface area contributed by atoms with Crippen LogP contribution < -0.4 is 5.32 Å². The van der Waals surface area contributed by atoms with Crippen molar-refractivity contribution in [1.82, 2.24) is 10.3 Å². The largest absolute Gasteiger partial charge is 0.465 e. The van der Waals surface area contributed by atoms with Gasteiger partial charge in [-0.25, -0.2) is 9.18 Å². The van der Waals surface area contributed by atoms with Crippen LogP contribution in [0.25, 0.3) is 0 Å². The summed E-state index contributed by atoms with van der Waals surface area (Å²) in [5.41, 5.74) is 0.794. The molecule has 0 aliphatic heterocycles. The van der Waals surface area contributed by atoms with Gasteiger partial charge in [0.05, 0.1) is 30.3 Å². The van der Waals surface area contributed by atoms with Crippen LogP contribution in [0.3, 0.4) is 0 Å². The molecule has 8 heteroatoms. The SMILES string of the molecule is COC(=O)c1c(CC(=O)NC(C)(C)c2ccc(F)cc2Cl)[nH]c(C(C)=O)c1C. The number of aromatic amines is 1. The number of ether oxygens (including phenoxy) is 1. The Labute approximate surface area is 167 Å². The molecule has 0 spiro atoms. The van der Waals surface area contributed by atoms with Gasteiger partial charge in [0.2, 0.25) is 5.91 Å². The highest BCUT2D eigenvalue weighted by atomic mass is 35.5. The van der Waals surface area contributed by atoms with Gasteiger partial charge in [0.1, 0.15) is 5.82 Å². The molecule has 2 rings (SSSR count). The molecule has 1 aromatic heterocycles. The first-order valence-corrected chi connectivity index (χ1v) is 8.93. The Bertz CT molecular complexity index is 950. The molecule has 0 aliphatic carbocycles. The maximum atomic E-state index is 13.3. The van der Waals surface area contributed by atoms with Crippen LogP contribution >= 0.6 is 11.6 Å². The number of nitrogens with one attached hydrogen (secondary N) is 2. The molecule has 2 aromatic rings. The van der Waals surface area contributed by atoms with Crippen LogP contribution in [-0.2, 0) is 21.5 Å². The van der Waals surface area contributed by atoms with Gasteiger partial charge in [-0.3, -0.25) is 9.59 Å². The summed E-state index contributed by atoms with van der Waals surface area (Å²) in [5, 5.41) is 3.01. The van der Waals surface area contributed by atoms with Crippen LogP contribution in [0, 0.1) is 12.7 Å². The van der Waals surface area contributed by atoms with Crippen molar-refractivity contribution in [3.8, 4) is 0 Å². The van der Waals surface area contributed by atoms with E-state index in [0.717, 1.165) is 0 Å². The standard InChI is InChI=1S/C20H22ClFN2O4/c1-10-17(19(27)28-5)15(23-18(10)11(2)25)9-16(26)24-20(3,4)13-7-6-12(22)8-14(13)21/h6-8,23H,9H2,1-5H3,(H,24,26). The van der Waals surface area contributed by atoms with Gasteiger partial charge in [-0.1, -0.05) is 17.7 Å². The molecule has 0 fully saturated rings. The summed E-state index contributed by atoms with van der Waals surface area (Å²) in [6, 6.07) is 3.94. The molecule has 6 nitrogen and oxygen atoms in total. The number of methoxy groups -OCH3 is 1. The fourth-order valence-electron chi connectivity index (χ4n) is 3.14. The Morgan fingerprint density at radius 1 is 1.29 bits per heavy atom. The van der Waals surface area contributed by atoms with E-state index < -0.39 is 23.2 Å². The summed E-state index contributed by atoms with van der Waals surface area (Å²) in [7, 11) is 1.23. The number of ketones is 1. The monoisotopic (exact) mass is 408 g/mol. The van der Waals surface area contributed by atoms with E-state index in [1.165, 1.54) is 32.2 Å². The number of esters is 1. The lowest BCUT2D eigenvalue weighted by atomic mass is 9.93. The van der Waals surface area contributed by atoms with Crippen molar-refractivity contribution >= 4 is 29.3 Å². The van der Waals surface area contributed by atoms with Crippen LogP contribution in [0.15, 0.2) is 18.2 Å². The average molecular weight is 409 g/mol. The van der Waals surface area contributed by atoms with E-state index in [2.05, 4.69) is 10.3 Å². The minimum Gasteiger partial charge on any atom is -0.465 e. The number of carbonyl (C=O) groups excluding carboxylic acids is 3. The number of hydrogen-bond acceptors (Lipinski definition) is 4. The summed E-state index contributed by atoms with van der Waals surface area (Å²) >= 11 is 6.11. The first-order chi connectivity index (χ1) is 13.0. The molecule has 2 N–H and O–H groups in total. The van der Waals surface area contributed by atoms with Gasteiger partial charge in [-0.05, 0) is 44.0 Å².